The molecular weight excluding hydrogens is 684 g/mol. The van der Waals surface area contributed by atoms with Crippen LogP contribution < -0.4 is 0 Å². The molecular formula is C28H24Br2S3Zr. The summed E-state index contributed by atoms with van der Waals surface area (Å²) in [6.45, 7) is 4.40. The zero-order valence-corrected chi connectivity index (χ0v) is 27.0. The van der Waals surface area contributed by atoms with Crippen LogP contribution in [-0.2, 0) is 26.2 Å². The number of fused-ring (bicyclic) bond motifs is 2. The predicted octanol–water partition coefficient (Wildman–Crippen LogP) is 9.20. The first kappa shape index (κ1) is 28.6. The first-order valence-corrected chi connectivity index (χ1v) is 15.2. The summed E-state index contributed by atoms with van der Waals surface area (Å²) < 4.78 is 0.853. The fourth-order valence-corrected chi connectivity index (χ4v) is 10.3. The van der Waals surface area contributed by atoms with Gasteiger partial charge in [-0.1, -0.05) is 57.9 Å². The molecule has 2 aromatic carbocycles. The van der Waals surface area contributed by atoms with E-state index in [0.717, 1.165) is 0 Å². The van der Waals surface area contributed by atoms with Gasteiger partial charge in [-0.25, -0.2) is 12.2 Å². The Bertz CT molecular complexity index is 899. The van der Waals surface area contributed by atoms with Gasteiger partial charge in [-0.2, -0.15) is 107 Å². The van der Waals surface area contributed by atoms with E-state index in [4.69, 9.17) is 0 Å². The summed E-state index contributed by atoms with van der Waals surface area (Å²) in [5, 5.41) is 4.08. The molecule has 2 heterocycles. The molecule has 6 heteroatoms. The minimum atomic E-state index is 0. The van der Waals surface area contributed by atoms with Gasteiger partial charge >= 0.3 is 26.2 Å². The van der Waals surface area contributed by atoms with E-state index in [9.17, 15) is 0 Å². The third-order valence-electron chi connectivity index (χ3n) is 5.16. The van der Waals surface area contributed by atoms with Crippen LogP contribution in [0.2, 0.25) is 0 Å². The molecule has 2 saturated heterocycles. The third-order valence-corrected chi connectivity index (χ3v) is 12.0. The van der Waals surface area contributed by atoms with Gasteiger partial charge in [0.15, 0.2) is 0 Å². The molecule has 0 N–H and O–H groups in total. The molecule has 4 atom stereocenters. The molecule has 2 aromatic rings. The van der Waals surface area contributed by atoms with Gasteiger partial charge in [0.25, 0.3) is 0 Å². The molecule has 0 radical (unpaired) electrons. The van der Waals surface area contributed by atoms with Crippen LogP contribution in [0, 0.1) is 22.6 Å². The Kier molecular flexibility index (Phi) is 11.9. The maximum Gasteiger partial charge on any atom is 4.00 e. The molecule has 2 aliphatic carbocycles. The van der Waals surface area contributed by atoms with E-state index in [-0.39, 0.29) is 26.2 Å². The van der Waals surface area contributed by atoms with Crippen LogP contribution in [0.15, 0.2) is 107 Å². The molecule has 0 amide bonds. The van der Waals surface area contributed by atoms with Crippen molar-refractivity contribution in [3.63, 3.8) is 0 Å². The van der Waals surface area contributed by atoms with Crippen molar-refractivity contribution in [3.8, 4) is 0 Å². The molecule has 0 bridgehead atoms. The van der Waals surface area contributed by atoms with E-state index < -0.39 is 0 Å². The first-order chi connectivity index (χ1) is 16.0. The fourth-order valence-electron chi connectivity index (χ4n) is 3.71. The van der Waals surface area contributed by atoms with Crippen molar-refractivity contribution >= 4 is 67.1 Å². The second-order valence-corrected chi connectivity index (χ2v) is 14.4. The Morgan fingerprint density at radius 1 is 0.706 bits per heavy atom. The Morgan fingerprint density at radius 3 is 1.38 bits per heavy atom. The van der Waals surface area contributed by atoms with Gasteiger partial charge in [-0.05, 0) is 0 Å². The smallest absolute Gasteiger partial charge is 0.298 e. The van der Waals surface area contributed by atoms with E-state index in [1.54, 1.807) is 0 Å². The number of allylic oxidation sites excluding steroid dienone is 4. The number of thioether (sulfide) groups is 3. The van der Waals surface area contributed by atoms with Gasteiger partial charge in [0, 0.05) is 18.8 Å². The topological polar surface area (TPSA) is 0 Å². The first-order valence-electron chi connectivity index (χ1n) is 10.7. The van der Waals surface area contributed by atoms with Gasteiger partial charge in [-0.3, -0.25) is 11.8 Å². The molecule has 172 valence electrons. The zero-order chi connectivity index (χ0) is 23.2. The largest absolute Gasteiger partial charge is 4.00 e. The second kappa shape index (κ2) is 14.1. The van der Waals surface area contributed by atoms with Crippen LogP contribution in [0.25, 0.3) is 0 Å². The number of halogens is 2. The number of benzene rings is 2. The second-order valence-electron chi connectivity index (χ2n) is 7.75. The van der Waals surface area contributed by atoms with E-state index in [0.29, 0.717) is 18.8 Å². The van der Waals surface area contributed by atoms with Crippen LogP contribution >= 0.6 is 67.1 Å². The van der Waals surface area contributed by atoms with Crippen molar-refractivity contribution in [3.05, 3.63) is 130 Å². The Morgan fingerprint density at radius 2 is 1.09 bits per heavy atom. The normalized spacial score (nSPS) is 25.9. The average Bonchev–Trinajstić information content (AvgIpc) is 3.53. The molecule has 0 aromatic heterocycles. The maximum atomic E-state index is 3.86. The summed E-state index contributed by atoms with van der Waals surface area (Å²) in [4.78, 5) is 0. The van der Waals surface area contributed by atoms with Gasteiger partial charge < -0.3 is 0 Å². The quantitative estimate of drug-likeness (QED) is 0.226. The number of hydrogen-bond donors (Lipinski definition) is 0. The van der Waals surface area contributed by atoms with Crippen molar-refractivity contribution in [2.75, 3.05) is 0 Å². The van der Waals surface area contributed by atoms with Gasteiger partial charge in [0.2, 0.25) is 0 Å². The van der Waals surface area contributed by atoms with Gasteiger partial charge in [0.1, 0.15) is 0 Å². The molecule has 0 nitrogen and oxygen atoms in total. The maximum absolute atomic E-state index is 3.86. The van der Waals surface area contributed by atoms with E-state index >= 15 is 0 Å². The fraction of sp³-hybridized carbons (Fsp3) is 0.214. The van der Waals surface area contributed by atoms with Crippen LogP contribution in [0.5, 0.6) is 0 Å². The summed E-state index contributed by atoms with van der Waals surface area (Å²) in [6, 6.07) is 25.0. The molecule has 4 unspecified atom stereocenters. The number of hydrogen-bond acceptors (Lipinski definition) is 3. The van der Waals surface area contributed by atoms with Crippen LogP contribution in [-0.4, -0.2) is 18.8 Å². The molecule has 0 saturated carbocycles. The number of rotatable bonds is 2. The summed E-state index contributed by atoms with van der Waals surface area (Å²) in [5.74, 6) is 0. The van der Waals surface area contributed by atoms with Crippen molar-refractivity contribution < 1.29 is 26.2 Å². The Labute approximate surface area is 253 Å². The monoisotopic (exact) mass is 704 g/mol. The molecule has 34 heavy (non-hydrogen) atoms. The van der Waals surface area contributed by atoms with Gasteiger partial charge in [-0.15, -0.1) is 21.6 Å². The minimum absolute atomic E-state index is 0. The third kappa shape index (κ3) is 7.52. The van der Waals surface area contributed by atoms with Crippen LogP contribution in [0.1, 0.15) is 13.8 Å². The van der Waals surface area contributed by atoms with Gasteiger partial charge in [0.05, 0.1) is 0 Å². The average molecular weight is 708 g/mol. The standard InChI is InChI=1S/C16H14Br2S3.2C6H5.Zr/c1-7-3-9-11(5-7)19-15(17)13(9)21-14-10-4-8(2)6-12(10)20-16(14)18;2*1-2-4-6-5-3-1;/h3-6,11-12,15-16H,1-2H3;2*1-5H;/q-2;2*-1;+4. The Balaban J connectivity index is 0.000000205. The molecule has 0 spiro atoms. The molecule has 6 rings (SSSR count). The van der Waals surface area contributed by atoms with E-state index in [1.807, 2.05) is 95.9 Å². The summed E-state index contributed by atoms with van der Waals surface area (Å²) in [5.41, 5.74) is 5.81. The molecule has 2 fully saturated rings. The van der Waals surface area contributed by atoms with Crippen molar-refractivity contribution in [2.24, 2.45) is 0 Å². The summed E-state index contributed by atoms with van der Waals surface area (Å²) in [6.07, 6.45) is 9.48. The van der Waals surface area contributed by atoms with Crippen molar-refractivity contribution in [2.45, 2.75) is 32.7 Å². The van der Waals surface area contributed by atoms with Crippen molar-refractivity contribution in [1.29, 1.82) is 0 Å². The van der Waals surface area contributed by atoms with Crippen LogP contribution in [0.3, 0.4) is 0 Å². The van der Waals surface area contributed by atoms with Crippen LogP contribution in [0.4, 0.5) is 0 Å². The Hall–Kier alpha value is 0.0331. The number of alkyl halides is 2. The summed E-state index contributed by atoms with van der Waals surface area (Å²) >= 11 is 13.7. The predicted molar refractivity (Wildman–Crippen MR) is 157 cm³/mol. The van der Waals surface area contributed by atoms with E-state index in [1.165, 1.54) is 32.8 Å². The zero-order valence-electron chi connectivity index (χ0n) is 18.9. The van der Waals surface area contributed by atoms with Crippen molar-refractivity contribution in [1.82, 2.24) is 0 Å². The summed E-state index contributed by atoms with van der Waals surface area (Å²) in [7, 11) is 0. The SMILES string of the molecule is CC1=CC2SC(Br)[C-](S[C-]3C4=CC(C)=CC4SC3Br)C2=C1.[Zr+4].[c-]1ccccc1.[c-]1ccccc1. The van der Waals surface area contributed by atoms with E-state index in [2.05, 4.69) is 82.1 Å². The molecule has 4 aliphatic rings. The minimum Gasteiger partial charge on any atom is -0.298 e. The molecule has 2 aliphatic heterocycles.